The van der Waals surface area contributed by atoms with E-state index in [0.29, 0.717) is 16.9 Å². The molecule has 1 atom stereocenters. The monoisotopic (exact) mass is 321 g/mol. The molecular weight excluding hydrogens is 310 g/mol. The van der Waals surface area contributed by atoms with Gasteiger partial charge in [0.15, 0.2) is 16.6 Å². The van der Waals surface area contributed by atoms with Crippen LogP contribution in [0.5, 0.6) is 5.75 Å². The average Bonchev–Trinajstić information content (AvgIpc) is 2.91. The van der Waals surface area contributed by atoms with Gasteiger partial charge in [-0.05, 0) is 17.7 Å². The normalized spacial score (nSPS) is 13.2. The van der Waals surface area contributed by atoms with Crippen LogP contribution in [0.3, 0.4) is 0 Å². The fourth-order valence-corrected chi connectivity index (χ4v) is 2.62. The van der Waals surface area contributed by atoms with Gasteiger partial charge in [-0.2, -0.15) is 13.2 Å². The summed E-state index contributed by atoms with van der Waals surface area (Å²) in [6.07, 6.45) is -3.42. The second kappa shape index (κ2) is 5.96. The topological polar surface area (TPSA) is 60.2 Å². The molecule has 0 saturated heterocycles. The van der Waals surface area contributed by atoms with Gasteiger partial charge in [0.1, 0.15) is 0 Å². The second-order valence-electron chi connectivity index (χ2n) is 4.06. The highest BCUT2D eigenvalue weighted by atomic mass is 32.1. The van der Waals surface area contributed by atoms with Crippen molar-refractivity contribution in [2.75, 3.05) is 7.11 Å². The van der Waals surface area contributed by atoms with Gasteiger partial charge in [-0.3, -0.25) is 5.84 Å². The van der Waals surface area contributed by atoms with Crippen molar-refractivity contribution in [3.8, 4) is 5.75 Å². The van der Waals surface area contributed by atoms with Crippen molar-refractivity contribution in [1.82, 2.24) is 10.4 Å². The van der Waals surface area contributed by atoms with Gasteiger partial charge in [0, 0.05) is 11.1 Å². The van der Waals surface area contributed by atoms with E-state index < -0.39 is 23.0 Å². The van der Waals surface area contributed by atoms with E-state index in [4.69, 9.17) is 10.6 Å². The molecule has 0 aliphatic rings. The first-order valence-corrected chi connectivity index (χ1v) is 6.51. The molecule has 0 radical (unpaired) electrons. The summed E-state index contributed by atoms with van der Waals surface area (Å²) >= 11 is 0.472. The number of aromatic nitrogens is 1. The Morgan fingerprint density at radius 2 is 2.10 bits per heavy atom. The van der Waals surface area contributed by atoms with Crippen molar-refractivity contribution in [1.29, 1.82) is 0 Å². The highest BCUT2D eigenvalue weighted by molar-refractivity contribution is 7.11. The molecule has 0 saturated carbocycles. The molecule has 1 heterocycles. The zero-order chi connectivity index (χ0) is 15.6. The number of hydrogen-bond donors (Lipinski definition) is 2. The molecule has 3 N–H and O–H groups in total. The van der Waals surface area contributed by atoms with Crippen LogP contribution in [-0.4, -0.2) is 12.1 Å². The van der Waals surface area contributed by atoms with Crippen LogP contribution in [0.15, 0.2) is 24.4 Å². The lowest BCUT2D eigenvalue weighted by Crippen LogP contribution is -2.28. The number of nitrogens with one attached hydrogen (secondary N) is 1. The van der Waals surface area contributed by atoms with Crippen molar-refractivity contribution in [3.63, 3.8) is 0 Å². The molecule has 1 unspecified atom stereocenters. The van der Waals surface area contributed by atoms with Gasteiger partial charge in [0.2, 0.25) is 0 Å². The number of methoxy groups -OCH3 is 1. The molecule has 1 aromatic heterocycles. The number of halogens is 4. The lowest BCUT2D eigenvalue weighted by molar-refractivity contribution is -0.137. The summed E-state index contributed by atoms with van der Waals surface area (Å²) in [4.78, 5) is 3.60. The van der Waals surface area contributed by atoms with Gasteiger partial charge in [-0.25, -0.2) is 14.8 Å². The van der Waals surface area contributed by atoms with Gasteiger partial charge >= 0.3 is 6.18 Å². The van der Waals surface area contributed by atoms with Crippen LogP contribution < -0.4 is 16.0 Å². The van der Waals surface area contributed by atoms with E-state index in [9.17, 15) is 17.6 Å². The zero-order valence-corrected chi connectivity index (χ0v) is 11.6. The fourth-order valence-electron chi connectivity index (χ4n) is 1.75. The van der Waals surface area contributed by atoms with Gasteiger partial charge in [-0.1, -0.05) is 6.07 Å². The van der Waals surface area contributed by atoms with E-state index in [-0.39, 0.29) is 10.6 Å². The van der Waals surface area contributed by atoms with Crippen molar-refractivity contribution < 1.29 is 22.3 Å². The van der Waals surface area contributed by atoms with Gasteiger partial charge in [-0.15, -0.1) is 11.3 Å². The summed E-state index contributed by atoms with van der Waals surface area (Å²) in [5, 5.41) is -0.966. The first-order valence-electron chi connectivity index (χ1n) is 5.69. The number of hydrogen-bond acceptors (Lipinski definition) is 5. The van der Waals surface area contributed by atoms with Crippen molar-refractivity contribution >= 4 is 11.3 Å². The van der Waals surface area contributed by atoms with Gasteiger partial charge in [0.05, 0.1) is 13.2 Å². The summed E-state index contributed by atoms with van der Waals surface area (Å²) in [7, 11) is 1.29. The molecule has 0 spiro atoms. The Labute approximate surface area is 121 Å². The minimum absolute atomic E-state index is 0.0201. The minimum atomic E-state index is -4.51. The summed E-state index contributed by atoms with van der Waals surface area (Å²) in [5.41, 5.74) is 2.86. The molecule has 0 fully saturated rings. The molecule has 0 aliphatic heterocycles. The van der Waals surface area contributed by atoms with Crippen molar-refractivity contribution in [2.24, 2.45) is 5.84 Å². The third-order valence-electron chi connectivity index (χ3n) is 2.73. The molecule has 2 rings (SSSR count). The van der Waals surface area contributed by atoms with Crippen LogP contribution in [0.2, 0.25) is 0 Å². The highest BCUT2D eigenvalue weighted by Gasteiger charge is 2.35. The largest absolute Gasteiger partial charge is 0.494 e. The number of thiazole rings is 1. The molecule has 114 valence electrons. The number of rotatable bonds is 4. The maximum atomic E-state index is 13.4. The Hall–Kier alpha value is -1.71. The van der Waals surface area contributed by atoms with Gasteiger partial charge in [0.25, 0.3) is 0 Å². The number of nitrogens with zero attached hydrogens (tertiary/aromatic N) is 1. The van der Waals surface area contributed by atoms with E-state index in [2.05, 4.69) is 10.4 Å². The Balaban J connectivity index is 2.38. The summed E-state index contributed by atoms with van der Waals surface area (Å²) in [5.74, 6) is 4.81. The van der Waals surface area contributed by atoms with E-state index in [0.717, 1.165) is 12.3 Å². The smallest absolute Gasteiger partial charge is 0.443 e. The SMILES string of the molecule is COc1cc(C(NN)c2cnc(C(F)(F)F)s2)ccc1F. The maximum absolute atomic E-state index is 13.4. The number of alkyl halides is 3. The number of benzene rings is 1. The molecule has 0 amide bonds. The van der Waals surface area contributed by atoms with Crippen LogP contribution in [0, 0.1) is 5.82 Å². The molecular formula is C12H11F4N3OS. The Bertz CT molecular complexity index is 629. The Kier molecular flexibility index (Phi) is 4.45. The quantitative estimate of drug-likeness (QED) is 0.516. The Morgan fingerprint density at radius 3 is 2.62 bits per heavy atom. The van der Waals surface area contributed by atoms with E-state index in [1.165, 1.54) is 19.2 Å². The van der Waals surface area contributed by atoms with Crippen LogP contribution >= 0.6 is 11.3 Å². The highest BCUT2D eigenvalue weighted by Crippen LogP contribution is 2.36. The summed E-state index contributed by atoms with van der Waals surface area (Å²) < 4.78 is 55.9. The standard InChI is InChI=1S/C12H11F4N3OS/c1-20-8-4-6(2-3-7(8)13)10(19-17)9-5-18-11(21-9)12(14,15)16/h2-5,10,19H,17H2,1H3. The third kappa shape index (κ3) is 3.31. The Morgan fingerprint density at radius 1 is 1.38 bits per heavy atom. The fraction of sp³-hybridized carbons (Fsp3) is 0.250. The lowest BCUT2D eigenvalue weighted by Gasteiger charge is -2.15. The first kappa shape index (κ1) is 15.7. The number of nitrogens with two attached hydrogens (primary N) is 1. The second-order valence-corrected chi connectivity index (χ2v) is 5.12. The molecule has 4 nitrogen and oxygen atoms in total. The zero-order valence-electron chi connectivity index (χ0n) is 10.7. The molecule has 9 heteroatoms. The van der Waals surface area contributed by atoms with Crippen LogP contribution in [0.25, 0.3) is 0 Å². The van der Waals surface area contributed by atoms with Crippen LogP contribution in [0.1, 0.15) is 21.5 Å². The number of ether oxygens (including phenoxy) is 1. The summed E-state index contributed by atoms with van der Waals surface area (Å²) in [6.45, 7) is 0. The van der Waals surface area contributed by atoms with Crippen LogP contribution in [0.4, 0.5) is 17.6 Å². The first-order chi connectivity index (χ1) is 9.86. The van der Waals surface area contributed by atoms with Crippen LogP contribution in [-0.2, 0) is 6.18 Å². The van der Waals surface area contributed by atoms with E-state index in [1.807, 2.05) is 0 Å². The molecule has 1 aromatic carbocycles. The minimum Gasteiger partial charge on any atom is -0.494 e. The average molecular weight is 321 g/mol. The van der Waals surface area contributed by atoms with E-state index >= 15 is 0 Å². The summed E-state index contributed by atoms with van der Waals surface area (Å²) in [6, 6.07) is 3.19. The van der Waals surface area contributed by atoms with Gasteiger partial charge < -0.3 is 4.74 Å². The van der Waals surface area contributed by atoms with Crippen molar-refractivity contribution in [2.45, 2.75) is 12.2 Å². The van der Waals surface area contributed by atoms with Crippen molar-refractivity contribution in [3.05, 3.63) is 45.7 Å². The molecule has 2 aromatic rings. The molecule has 21 heavy (non-hydrogen) atoms. The predicted molar refractivity (Wildman–Crippen MR) is 69.2 cm³/mol. The third-order valence-corrected chi connectivity index (χ3v) is 3.83. The maximum Gasteiger partial charge on any atom is 0.443 e. The molecule has 0 aliphatic carbocycles. The van der Waals surface area contributed by atoms with E-state index in [1.54, 1.807) is 0 Å². The number of hydrazine groups is 1. The lowest BCUT2D eigenvalue weighted by atomic mass is 10.1. The molecule has 0 bridgehead atoms. The predicted octanol–water partition coefficient (Wildman–Crippen LogP) is 2.86.